The van der Waals surface area contributed by atoms with Crippen LogP contribution in [0.4, 0.5) is 0 Å². The first-order valence-corrected chi connectivity index (χ1v) is 10.5. The van der Waals surface area contributed by atoms with E-state index in [1.165, 1.54) is 24.0 Å². The van der Waals surface area contributed by atoms with Gasteiger partial charge in [0.2, 0.25) is 5.91 Å². The van der Waals surface area contributed by atoms with Crippen LogP contribution in [0.5, 0.6) is 0 Å². The number of aromatic nitrogens is 2. The number of ether oxygens (including phenoxy) is 1. The average Bonchev–Trinajstić information content (AvgIpc) is 2.89. The topological polar surface area (TPSA) is 61.5 Å². The van der Waals surface area contributed by atoms with Crippen molar-refractivity contribution in [1.29, 1.82) is 0 Å². The second-order valence-corrected chi connectivity index (χ2v) is 8.47. The van der Waals surface area contributed by atoms with E-state index in [0.29, 0.717) is 24.8 Å². The average molecular weight is 385 g/mol. The molecule has 0 aliphatic carbocycles. The lowest BCUT2D eigenvalue weighted by Crippen LogP contribution is -2.45. The van der Waals surface area contributed by atoms with E-state index < -0.39 is 0 Å². The molecule has 1 aromatic carbocycles. The quantitative estimate of drug-likeness (QED) is 0.832. The Morgan fingerprint density at radius 1 is 1.25 bits per heavy atom. The van der Waals surface area contributed by atoms with Gasteiger partial charge in [-0.15, -0.1) is 0 Å². The molecule has 2 atom stereocenters. The number of carbonyl (C=O) groups is 1. The predicted molar refractivity (Wildman–Crippen MR) is 110 cm³/mol. The molecule has 3 fully saturated rings. The number of carbonyl (C=O) groups excluding carboxylic acids is 1. The summed E-state index contributed by atoms with van der Waals surface area (Å²) in [6, 6.07) is 4.68. The van der Waals surface area contributed by atoms with Crippen molar-refractivity contribution < 1.29 is 9.53 Å². The van der Waals surface area contributed by atoms with Gasteiger partial charge in [0.05, 0.1) is 17.6 Å². The highest BCUT2D eigenvalue weighted by Crippen LogP contribution is 2.28. The van der Waals surface area contributed by atoms with Crippen molar-refractivity contribution in [2.24, 2.45) is 5.92 Å². The van der Waals surface area contributed by atoms with Crippen molar-refractivity contribution in [3.63, 3.8) is 0 Å². The molecule has 1 amide bonds. The van der Waals surface area contributed by atoms with Crippen LogP contribution in [0, 0.1) is 19.8 Å². The molecule has 3 aliphatic rings. The Labute approximate surface area is 167 Å². The molecule has 0 unspecified atom stereocenters. The highest BCUT2D eigenvalue weighted by molar-refractivity contribution is 5.80. The fraction of sp³-hybridized carbons (Fsp3) is 0.636. The zero-order valence-electron chi connectivity index (χ0n) is 17.3. The number of benzene rings is 1. The predicted octanol–water partition coefficient (Wildman–Crippen LogP) is 2.68. The van der Waals surface area contributed by atoms with Crippen molar-refractivity contribution in [3.8, 4) is 0 Å². The van der Waals surface area contributed by atoms with Gasteiger partial charge >= 0.3 is 0 Å². The van der Waals surface area contributed by atoms with E-state index in [4.69, 9.17) is 9.72 Å². The summed E-state index contributed by atoms with van der Waals surface area (Å²) in [6.07, 6.45) is 3.63. The number of imidazole rings is 1. The monoisotopic (exact) mass is 384 g/mol. The van der Waals surface area contributed by atoms with Crippen molar-refractivity contribution in [3.05, 3.63) is 29.1 Å². The minimum absolute atomic E-state index is 0.263. The van der Waals surface area contributed by atoms with E-state index >= 15 is 0 Å². The van der Waals surface area contributed by atoms with Gasteiger partial charge in [-0.1, -0.05) is 6.07 Å². The first-order chi connectivity index (χ1) is 13.5. The summed E-state index contributed by atoms with van der Waals surface area (Å²) in [4.78, 5) is 25.7. The number of fused-ring (bicyclic) bond motifs is 5. The van der Waals surface area contributed by atoms with Gasteiger partial charge in [-0.2, -0.15) is 0 Å². The second kappa shape index (κ2) is 8.21. The molecule has 2 bridgehead atoms. The summed E-state index contributed by atoms with van der Waals surface area (Å²) in [6.45, 7) is 8.81. The van der Waals surface area contributed by atoms with Crippen molar-refractivity contribution in [1.82, 2.24) is 19.8 Å². The lowest BCUT2D eigenvalue weighted by atomic mass is 9.95. The summed E-state index contributed by atoms with van der Waals surface area (Å²) in [5.41, 5.74) is 4.56. The smallest absolute Gasteiger partial charge is 0.223 e. The van der Waals surface area contributed by atoms with Crippen molar-refractivity contribution in [2.45, 2.75) is 45.6 Å². The number of nitrogens with one attached hydrogen (secondary N) is 1. The molecule has 0 spiro atoms. The number of H-pyrrole nitrogens is 1. The minimum atomic E-state index is 0.263. The van der Waals surface area contributed by atoms with E-state index in [9.17, 15) is 4.79 Å². The van der Waals surface area contributed by atoms with E-state index in [2.05, 4.69) is 40.8 Å². The SMILES string of the molecule is COCCN1C[C@@H]2CC[C@H]1CN(C(=O)CCc1nc3c(C)c(C)ccc3[nH]1)C2. The van der Waals surface area contributed by atoms with E-state index in [1.54, 1.807) is 7.11 Å². The molecule has 1 aromatic heterocycles. The highest BCUT2D eigenvalue weighted by atomic mass is 16.5. The van der Waals surface area contributed by atoms with Crippen LogP contribution in [-0.4, -0.2) is 71.6 Å². The van der Waals surface area contributed by atoms with Gasteiger partial charge in [-0.05, 0) is 49.8 Å². The molecule has 6 heteroatoms. The van der Waals surface area contributed by atoms with Crippen LogP contribution in [0.3, 0.4) is 0 Å². The number of piperidine rings is 1. The van der Waals surface area contributed by atoms with Gasteiger partial charge in [-0.3, -0.25) is 9.69 Å². The van der Waals surface area contributed by atoms with Crippen molar-refractivity contribution >= 4 is 16.9 Å². The minimum Gasteiger partial charge on any atom is -0.383 e. The third kappa shape index (κ3) is 3.94. The highest BCUT2D eigenvalue weighted by Gasteiger charge is 2.35. The molecule has 0 radical (unpaired) electrons. The van der Waals surface area contributed by atoms with E-state index in [1.807, 2.05) is 0 Å². The first-order valence-electron chi connectivity index (χ1n) is 10.5. The molecule has 28 heavy (non-hydrogen) atoms. The summed E-state index contributed by atoms with van der Waals surface area (Å²) >= 11 is 0. The zero-order chi connectivity index (χ0) is 19.7. The normalized spacial score (nSPS) is 22.8. The third-order valence-corrected chi connectivity index (χ3v) is 6.57. The van der Waals surface area contributed by atoms with Crippen molar-refractivity contribution in [2.75, 3.05) is 39.9 Å². The molecular formula is C22H32N4O2. The van der Waals surface area contributed by atoms with Gasteiger partial charge in [-0.25, -0.2) is 4.98 Å². The zero-order valence-corrected chi connectivity index (χ0v) is 17.3. The largest absolute Gasteiger partial charge is 0.383 e. The van der Waals surface area contributed by atoms with Gasteiger partial charge in [0.25, 0.3) is 0 Å². The number of amides is 1. The molecule has 2 aromatic rings. The first kappa shape index (κ1) is 19.4. The number of hydrogen-bond acceptors (Lipinski definition) is 4. The standard InChI is InChI=1S/C22H32N4O2/c1-15-4-7-19-22(16(15)2)24-20(23-19)8-9-21(27)26-13-17-5-6-18(14-26)25(12-17)10-11-28-3/h4,7,17-18H,5-6,8-14H2,1-3H3,(H,23,24)/t17-,18-/m0/s1. The molecule has 6 nitrogen and oxygen atoms in total. The van der Waals surface area contributed by atoms with Crippen LogP contribution < -0.4 is 0 Å². The number of hydrogen-bond donors (Lipinski definition) is 1. The Morgan fingerprint density at radius 3 is 2.93 bits per heavy atom. The fourth-order valence-electron chi connectivity index (χ4n) is 4.73. The molecule has 0 saturated carbocycles. The van der Waals surface area contributed by atoms with Gasteiger partial charge in [0.15, 0.2) is 0 Å². The molecule has 5 rings (SSSR count). The Bertz CT molecular complexity index is 846. The number of rotatable bonds is 6. The lowest BCUT2D eigenvalue weighted by molar-refractivity contribution is -0.131. The van der Waals surface area contributed by atoms with Gasteiger partial charge in [0, 0.05) is 52.2 Å². The van der Waals surface area contributed by atoms with Crippen LogP contribution >= 0.6 is 0 Å². The fourth-order valence-corrected chi connectivity index (χ4v) is 4.73. The van der Waals surface area contributed by atoms with Crippen LogP contribution in [0.25, 0.3) is 11.0 Å². The van der Waals surface area contributed by atoms with Crippen LogP contribution in [-0.2, 0) is 16.0 Å². The molecule has 3 aliphatic heterocycles. The number of aryl methyl sites for hydroxylation is 3. The van der Waals surface area contributed by atoms with E-state index in [0.717, 1.165) is 49.6 Å². The summed E-state index contributed by atoms with van der Waals surface area (Å²) in [5, 5.41) is 0. The molecule has 152 valence electrons. The van der Waals surface area contributed by atoms with Crippen LogP contribution in [0.1, 0.15) is 36.2 Å². The molecule has 3 saturated heterocycles. The Kier molecular flexibility index (Phi) is 5.69. The summed E-state index contributed by atoms with van der Waals surface area (Å²) in [5.74, 6) is 1.77. The lowest BCUT2D eigenvalue weighted by Gasteiger charge is -2.35. The number of aromatic amines is 1. The molecule has 1 N–H and O–H groups in total. The van der Waals surface area contributed by atoms with Gasteiger partial charge in [0.1, 0.15) is 5.82 Å². The second-order valence-electron chi connectivity index (χ2n) is 8.47. The number of nitrogens with zero attached hydrogens (tertiary/aromatic N) is 3. The molecule has 4 heterocycles. The van der Waals surface area contributed by atoms with Gasteiger partial charge < -0.3 is 14.6 Å². The third-order valence-electron chi connectivity index (χ3n) is 6.57. The number of methoxy groups -OCH3 is 1. The Morgan fingerprint density at radius 2 is 2.11 bits per heavy atom. The maximum Gasteiger partial charge on any atom is 0.223 e. The Hall–Kier alpha value is -1.92. The summed E-state index contributed by atoms with van der Waals surface area (Å²) in [7, 11) is 1.76. The van der Waals surface area contributed by atoms with E-state index in [-0.39, 0.29) is 5.91 Å². The Balaban J connectivity index is 1.38. The summed E-state index contributed by atoms with van der Waals surface area (Å²) < 4.78 is 5.26. The maximum atomic E-state index is 12.9. The molecular weight excluding hydrogens is 352 g/mol. The van der Waals surface area contributed by atoms with Crippen LogP contribution in [0.2, 0.25) is 0 Å². The van der Waals surface area contributed by atoms with Crippen LogP contribution in [0.15, 0.2) is 12.1 Å². The maximum absolute atomic E-state index is 12.9.